The number of aliphatic hydroxyl groups is 1. The van der Waals surface area contributed by atoms with Crippen LogP contribution < -0.4 is 0 Å². The lowest BCUT2D eigenvalue weighted by Crippen LogP contribution is -2.57. The molecule has 4 saturated heterocycles. The van der Waals surface area contributed by atoms with Crippen molar-refractivity contribution < 1.29 is 24.2 Å². The SMILES string of the molecule is C[C@H]1C[C@@H]([C@@H]2CC[C@@H]3N2CCCC[C@@]32OC(=O)[C@H](C)[C@@H]2O)OC1=O. The lowest BCUT2D eigenvalue weighted by atomic mass is 9.80. The van der Waals surface area contributed by atoms with Crippen molar-refractivity contribution in [1.29, 1.82) is 0 Å². The Labute approximate surface area is 142 Å². The van der Waals surface area contributed by atoms with Crippen LogP contribution in [0.5, 0.6) is 0 Å². The van der Waals surface area contributed by atoms with E-state index in [0.29, 0.717) is 0 Å². The fourth-order valence-corrected chi connectivity index (χ4v) is 5.35. The van der Waals surface area contributed by atoms with Gasteiger partial charge in [0.1, 0.15) is 12.2 Å². The van der Waals surface area contributed by atoms with E-state index < -0.39 is 17.6 Å². The van der Waals surface area contributed by atoms with E-state index in [-0.39, 0.29) is 36.0 Å². The van der Waals surface area contributed by atoms with Crippen LogP contribution >= 0.6 is 0 Å². The number of esters is 2. The van der Waals surface area contributed by atoms with Crippen molar-refractivity contribution >= 4 is 11.9 Å². The van der Waals surface area contributed by atoms with E-state index in [9.17, 15) is 14.7 Å². The molecule has 0 saturated carbocycles. The number of aliphatic hydroxyl groups excluding tert-OH is 1. The first-order valence-corrected chi connectivity index (χ1v) is 9.31. The maximum Gasteiger partial charge on any atom is 0.312 e. The number of carbonyl (C=O) groups excluding carboxylic acids is 2. The van der Waals surface area contributed by atoms with Gasteiger partial charge in [0.2, 0.25) is 0 Å². The Bertz CT molecular complexity index is 552. The Balaban J connectivity index is 1.61. The fourth-order valence-electron chi connectivity index (χ4n) is 5.35. The van der Waals surface area contributed by atoms with Crippen molar-refractivity contribution in [3.63, 3.8) is 0 Å². The van der Waals surface area contributed by atoms with Gasteiger partial charge in [-0.15, -0.1) is 0 Å². The van der Waals surface area contributed by atoms with Crippen molar-refractivity contribution in [2.75, 3.05) is 6.54 Å². The summed E-state index contributed by atoms with van der Waals surface area (Å²) in [5.74, 6) is -0.888. The van der Waals surface area contributed by atoms with Gasteiger partial charge in [0.05, 0.1) is 17.9 Å². The Morgan fingerprint density at radius 2 is 1.96 bits per heavy atom. The smallest absolute Gasteiger partial charge is 0.312 e. The molecule has 4 heterocycles. The number of hydrogen-bond donors (Lipinski definition) is 1. The molecule has 0 amide bonds. The van der Waals surface area contributed by atoms with E-state index >= 15 is 0 Å². The zero-order valence-electron chi connectivity index (χ0n) is 14.4. The minimum absolute atomic E-state index is 0.0310. The van der Waals surface area contributed by atoms with Crippen molar-refractivity contribution in [3.8, 4) is 0 Å². The maximum atomic E-state index is 12.1. The van der Waals surface area contributed by atoms with Gasteiger partial charge in [-0.25, -0.2) is 0 Å². The highest BCUT2D eigenvalue weighted by atomic mass is 16.6. The van der Waals surface area contributed by atoms with Gasteiger partial charge in [-0.3, -0.25) is 14.5 Å². The zero-order valence-corrected chi connectivity index (χ0v) is 14.4. The highest BCUT2D eigenvalue weighted by molar-refractivity contribution is 5.76. The third kappa shape index (κ3) is 2.22. The molecular formula is C18H27NO5. The third-order valence-corrected chi connectivity index (χ3v) is 6.68. The number of fused-ring (bicyclic) bond motifs is 2. The van der Waals surface area contributed by atoms with Crippen molar-refractivity contribution in [3.05, 3.63) is 0 Å². The monoisotopic (exact) mass is 337 g/mol. The van der Waals surface area contributed by atoms with Crippen LogP contribution in [-0.4, -0.2) is 58.4 Å². The van der Waals surface area contributed by atoms with Gasteiger partial charge in [0.15, 0.2) is 5.60 Å². The second kappa shape index (κ2) is 5.70. The molecule has 0 aromatic rings. The number of hydrogen-bond acceptors (Lipinski definition) is 6. The molecule has 1 N–H and O–H groups in total. The number of ether oxygens (including phenoxy) is 2. The van der Waals surface area contributed by atoms with E-state index in [0.717, 1.165) is 45.1 Å². The van der Waals surface area contributed by atoms with Crippen LogP contribution in [0.4, 0.5) is 0 Å². The Morgan fingerprint density at radius 1 is 1.17 bits per heavy atom. The predicted molar refractivity (Wildman–Crippen MR) is 85.0 cm³/mol. The fraction of sp³-hybridized carbons (Fsp3) is 0.889. The van der Waals surface area contributed by atoms with Crippen LogP contribution in [0.15, 0.2) is 0 Å². The quantitative estimate of drug-likeness (QED) is 0.726. The molecule has 0 radical (unpaired) electrons. The van der Waals surface area contributed by atoms with Crippen LogP contribution in [-0.2, 0) is 19.1 Å². The molecule has 0 bridgehead atoms. The van der Waals surface area contributed by atoms with E-state index in [1.165, 1.54) is 0 Å². The first-order valence-electron chi connectivity index (χ1n) is 9.31. The molecule has 4 rings (SSSR count). The standard InChI is InChI=1S/C18H27NO5/c1-10-9-13(23-16(10)21)12-5-6-14-18(7-3-4-8-19(12)14)15(20)11(2)17(22)24-18/h10-15,20H,3-9H2,1-2H3/t10-,11+,12-,13-,14-,15-,18+/m0/s1. The van der Waals surface area contributed by atoms with E-state index in [1.807, 2.05) is 6.92 Å². The van der Waals surface area contributed by atoms with Crippen LogP contribution in [0, 0.1) is 11.8 Å². The van der Waals surface area contributed by atoms with Gasteiger partial charge >= 0.3 is 11.9 Å². The summed E-state index contributed by atoms with van der Waals surface area (Å²) in [6, 6.07) is 0.212. The zero-order chi connectivity index (χ0) is 17.1. The molecule has 134 valence electrons. The summed E-state index contributed by atoms with van der Waals surface area (Å²) in [4.78, 5) is 26.3. The Hall–Kier alpha value is -1.14. The maximum absolute atomic E-state index is 12.1. The van der Waals surface area contributed by atoms with E-state index in [2.05, 4.69) is 4.90 Å². The van der Waals surface area contributed by atoms with Crippen LogP contribution in [0.3, 0.4) is 0 Å². The lowest BCUT2D eigenvalue weighted by molar-refractivity contribution is -0.160. The highest BCUT2D eigenvalue weighted by Gasteiger charge is 2.62. The van der Waals surface area contributed by atoms with Gasteiger partial charge < -0.3 is 14.6 Å². The van der Waals surface area contributed by atoms with Crippen molar-refractivity contribution in [2.45, 2.75) is 82.3 Å². The first kappa shape index (κ1) is 16.3. The molecule has 6 nitrogen and oxygen atoms in total. The summed E-state index contributed by atoms with van der Waals surface area (Å²) in [5.41, 5.74) is -0.782. The van der Waals surface area contributed by atoms with Crippen LogP contribution in [0.2, 0.25) is 0 Å². The topological polar surface area (TPSA) is 76.1 Å². The van der Waals surface area contributed by atoms with Crippen LogP contribution in [0.25, 0.3) is 0 Å². The Morgan fingerprint density at radius 3 is 2.58 bits per heavy atom. The normalized spacial score (nSPS) is 49.1. The second-order valence-corrected chi connectivity index (χ2v) is 8.08. The predicted octanol–water partition coefficient (Wildman–Crippen LogP) is 1.25. The summed E-state index contributed by atoms with van der Waals surface area (Å²) >= 11 is 0. The molecule has 4 fully saturated rings. The van der Waals surface area contributed by atoms with Gasteiger partial charge in [0, 0.05) is 6.04 Å². The molecule has 4 aliphatic rings. The van der Waals surface area contributed by atoms with Crippen molar-refractivity contribution in [1.82, 2.24) is 4.90 Å². The highest BCUT2D eigenvalue weighted by Crippen LogP contribution is 2.48. The van der Waals surface area contributed by atoms with Gasteiger partial charge in [-0.05, 0) is 52.0 Å². The molecule has 0 aliphatic carbocycles. The largest absolute Gasteiger partial charge is 0.460 e. The summed E-state index contributed by atoms with van der Waals surface area (Å²) in [5, 5.41) is 10.8. The average Bonchev–Trinajstić information content (AvgIpc) is 3.13. The summed E-state index contributed by atoms with van der Waals surface area (Å²) in [6.07, 6.45) is 4.43. The molecule has 7 atom stereocenters. The van der Waals surface area contributed by atoms with Gasteiger partial charge in [-0.1, -0.05) is 6.92 Å². The Kier molecular flexibility index (Phi) is 3.88. The summed E-state index contributed by atoms with van der Waals surface area (Å²) in [7, 11) is 0. The molecule has 24 heavy (non-hydrogen) atoms. The van der Waals surface area contributed by atoms with Gasteiger partial charge in [0.25, 0.3) is 0 Å². The third-order valence-electron chi connectivity index (χ3n) is 6.68. The lowest BCUT2D eigenvalue weighted by Gasteiger charge is -2.41. The number of cyclic esters (lactones) is 1. The molecule has 1 spiro atoms. The molecule has 0 unspecified atom stereocenters. The van der Waals surface area contributed by atoms with Crippen molar-refractivity contribution in [2.24, 2.45) is 11.8 Å². The molecule has 0 aromatic heterocycles. The number of rotatable bonds is 1. The van der Waals surface area contributed by atoms with E-state index in [1.54, 1.807) is 6.92 Å². The van der Waals surface area contributed by atoms with E-state index in [4.69, 9.17) is 9.47 Å². The minimum atomic E-state index is -0.782. The number of carbonyl (C=O) groups is 2. The molecule has 4 aliphatic heterocycles. The molecule has 6 heteroatoms. The first-order chi connectivity index (χ1) is 11.4. The van der Waals surface area contributed by atoms with Crippen LogP contribution in [0.1, 0.15) is 52.4 Å². The average molecular weight is 337 g/mol. The molecular weight excluding hydrogens is 310 g/mol. The minimum Gasteiger partial charge on any atom is -0.460 e. The molecule has 0 aromatic carbocycles. The second-order valence-electron chi connectivity index (χ2n) is 8.08. The number of nitrogens with zero attached hydrogens (tertiary/aromatic N) is 1. The van der Waals surface area contributed by atoms with Gasteiger partial charge in [-0.2, -0.15) is 0 Å². The summed E-state index contributed by atoms with van der Waals surface area (Å²) < 4.78 is 11.4. The summed E-state index contributed by atoms with van der Waals surface area (Å²) in [6.45, 7) is 4.59.